The lowest BCUT2D eigenvalue weighted by Crippen LogP contribution is -2.15. The Morgan fingerprint density at radius 1 is 0.962 bits per heavy atom. The fourth-order valence-corrected chi connectivity index (χ4v) is 2.65. The van der Waals surface area contributed by atoms with Crippen LogP contribution in [0.1, 0.15) is 32.6 Å². The zero-order chi connectivity index (χ0) is 18.7. The lowest BCUT2D eigenvalue weighted by Gasteiger charge is -2.07. The van der Waals surface area contributed by atoms with Gasteiger partial charge in [0, 0.05) is 36.4 Å². The Morgan fingerprint density at radius 2 is 1.73 bits per heavy atom. The number of aromatic amines is 2. The van der Waals surface area contributed by atoms with Crippen LogP contribution < -0.4 is 11.1 Å². The number of carboxylic acid groups (broad SMARTS) is 1. The molecule has 0 saturated carbocycles. The molecule has 0 saturated heterocycles. The Kier molecular flexibility index (Phi) is 4.79. The van der Waals surface area contributed by atoms with E-state index in [-0.39, 0.29) is 29.5 Å². The largest absolute Gasteiger partial charge is 0.478 e. The molecule has 6 nitrogen and oxygen atoms in total. The molecular formula is C19H15FN2O4. The third-order valence-corrected chi connectivity index (χ3v) is 4.02. The van der Waals surface area contributed by atoms with Gasteiger partial charge in [0.2, 0.25) is 0 Å². The highest BCUT2D eigenvalue weighted by Gasteiger charge is 2.11. The van der Waals surface area contributed by atoms with E-state index in [4.69, 9.17) is 5.11 Å². The van der Waals surface area contributed by atoms with Crippen LogP contribution in [-0.4, -0.2) is 21.0 Å². The van der Waals surface area contributed by atoms with Gasteiger partial charge in [0.15, 0.2) is 0 Å². The van der Waals surface area contributed by atoms with Gasteiger partial charge in [-0.1, -0.05) is 18.2 Å². The second kappa shape index (κ2) is 7.18. The Labute approximate surface area is 147 Å². The van der Waals surface area contributed by atoms with Crippen LogP contribution in [-0.2, 0) is 12.8 Å². The molecule has 26 heavy (non-hydrogen) atoms. The molecule has 0 unspecified atom stereocenters. The molecule has 1 aromatic carbocycles. The maximum absolute atomic E-state index is 14.4. The van der Waals surface area contributed by atoms with E-state index in [1.807, 2.05) is 0 Å². The summed E-state index contributed by atoms with van der Waals surface area (Å²) in [7, 11) is 0. The van der Waals surface area contributed by atoms with Crippen molar-refractivity contribution in [2.45, 2.75) is 12.8 Å². The Hall–Kier alpha value is -3.48. The Morgan fingerprint density at radius 3 is 2.42 bits per heavy atom. The molecule has 3 N–H and O–H groups in total. The highest BCUT2D eigenvalue weighted by atomic mass is 19.1. The number of hydrogen-bond donors (Lipinski definition) is 3. The highest BCUT2D eigenvalue weighted by Crippen LogP contribution is 2.16. The van der Waals surface area contributed by atoms with Crippen LogP contribution in [0.5, 0.6) is 0 Å². The van der Waals surface area contributed by atoms with Gasteiger partial charge in [0.1, 0.15) is 5.82 Å². The number of nitrogens with one attached hydrogen (secondary N) is 2. The number of rotatable bonds is 5. The number of pyridine rings is 2. The van der Waals surface area contributed by atoms with Crippen molar-refractivity contribution >= 4 is 5.97 Å². The molecule has 132 valence electrons. The number of carbonyl (C=O) groups is 1. The molecule has 0 aliphatic heterocycles. The zero-order valence-electron chi connectivity index (χ0n) is 13.6. The van der Waals surface area contributed by atoms with Crippen LogP contribution >= 0.6 is 0 Å². The monoisotopic (exact) mass is 354 g/mol. The minimum Gasteiger partial charge on any atom is -0.478 e. The minimum absolute atomic E-state index is 0.0417. The summed E-state index contributed by atoms with van der Waals surface area (Å²) < 4.78 is 14.4. The van der Waals surface area contributed by atoms with Crippen molar-refractivity contribution in [1.29, 1.82) is 0 Å². The molecular weight excluding hydrogens is 339 g/mol. The Balaban J connectivity index is 1.85. The summed E-state index contributed by atoms with van der Waals surface area (Å²) in [5.74, 6) is -1.64. The number of hydrogen-bond acceptors (Lipinski definition) is 3. The first-order chi connectivity index (χ1) is 12.4. The second-order valence-corrected chi connectivity index (χ2v) is 5.85. The number of H-pyrrole nitrogens is 2. The predicted molar refractivity (Wildman–Crippen MR) is 93.1 cm³/mol. The molecule has 0 radical (unpaired) electrons. The lowest BCUT2D eigenvalue weighted by molar-refractivity contribution is 0.0696. The van der Waals surface area contributed by atoms with E-state index in [1.165, 1.54) is 18.3 Å². The normalized spacial score (nSPS) is 10.7. The van der Waals surface area contributed by atoms with E-state index < -0.39 is 17.3 Å². The van der Waals surface area contributed by atoms with Gasteiger partial charge < -0.3 is 15.1 Å². The molecule has 0 atom stereocenters. The third kappa shape index (κ3) is 3.77. The van der Waals surface area contributed by atoms with E-state index in [9.17, 15) is 18.8 Å². The summed E-state index contributed by atoms with van der Waals surface area (Å²) in [6.45, 7) is 0. The summed E-state index contributed by atoms with van der Waals surface area (Å²) in [6.07, 6.45) is 2.88. The van der Waals surface area contributed by atoms with Gasteiger partial charge in [-0.05, 0) is 29.3 Å². The number of carboxylic acids is 1. The molecule has 2 heterocycles. The molecule has 0 spiro atoms. The highest BCUT2D eigenvalue weighted by molar-refractivity contribution is 5.87. The van der Waals surface area contributed by atoms with Gasteiger partial charge in [-0.2, -0.15) is 0 Å². The van der Waals surface area contributed by atoms with E-state index in [1.54, 1.807) is 24.3 Å². The van der Waals surface area contributed by atoms with Crippen molar-refractivity contribution in [2.24, 2.45) is 0 Å². The van der Waals surface area contributed by atoms with Crippen LogP contribution in [0.2, 0.25) is 0 Å². The van der Waals surface area contributed by atoms with Gasteiger partial charge in [0.05, 0.1) is 5.56 Å². The minimum atomic E-state index is -1.16. The summed E-state index contributed by atoms with van der Waals surface area (Å²) in [4.78, 5) is 39.5. The Bertz CT molecular complexity index is 1090. The van der Waals surface area contributed by atoms with Crippen molar-refractivity contribution in [3.63, 3.8) is 0 Å². The number of benzene rings is 1. The SMILES string of the molecule is O=C(O)c1c[nH]c(=O)c(Cc2ccc(Cc3ccc[nH]c3=O)c(F)c2)c1. The molecule has 0 aliphatic carbocycles. The third-order valence-electron chi connectivity index (χ3n) is 4.02. The van der Waals surface area contributed by atoms with E-state index in [0.717, 1.165) is 6.20 Å². The van der Waals surface area contributed by atoms with Gasteiger partial charge in [-0.3, -0.25) is 9.59 Å². The van der Waals surface area contributed by atoms with Crippen molar-refractivity contribution < 1.29 is 14.3 Å². The maximum atomic E-state index is 14.4. The van der Waals surface area contributed by atoms with Crippen LogP contribution in [0.15, 0.2) is 58.4 Å². The molecule has 0 amide bonds. The van der Waals surface area contributed by atoms with Crippen molar-refractivity contribution in [3.8, 4) is 0 Å². The molecule has 3 rings (SSSR count). The summed E-state index contributed by atoms with van der Waals surface area (Å²) in [5, 5.41) is 9.00. The summed E-state index contributed by atoms with van der Waals surface area (Å²) in [5.41, 5.74) is 0.838. The van der Waals surface area contributed by atoms with Gasteiger partial charge in [0.25, 0.3) is 11.1 Å². The van der Waals surface area contributed by atoms with Crippen LogP contribution in [0.25, 0.3) is 0 Å². The first-order valence-electron chi connectivity index (χ1n) is 7.83. The van der Waals surface area contributed by atoms with Crippen LogP contribution in [0, 0.1) is 5.82 Å². The maximum Gasteiger partial charge on any atom is 0.337 e. The second-order valence-electron chi connectivity index (χ2n) is 5.85. The summed E-state index contributed by atoms with van der Waals surface area (Å²) in [6, 6.07) is 9.08. The van der Waals surface area contributed by atoms with E-state index >= 15 is 0 Å². The fraction of sp³-hybridized carbons (Fsp3) is 0.105. The predicted octanol–water partition coefficient (Wildman–Crippen LogP) is 2.08. The van der Waals surface area contributed by atoms with Crippen molar-refractivity contribution in [1.82, 2.24) is 9.97 Å². The van der Waals surface area contributed by atoms with E-state index in [2.05, 4.69) is 9.97 Å². The van der Waals surface area contributed by atoms with Crippen molar-refractivity contribution in [3.05, 3.63) is 103 Å². The number of halogens is 1. The molecule has 2 aromatic heterocycles. The average Bonchev–Trinajstić information content (AvgIpc) is 2.61. The standard InChI is InChI=1S/C19H15FN2O4/c20-16-7-11(6-14-9-15(19(25)26)10-22-18(14)24)3-4-12(16)8-13-2-1-5-21-17(13)23/h1-5,7,9-10H,6,8H2,(H,21,23)(H,22,24)(H,25,26). The van der Waals surface area contributed by atoms with Gasteiger partial charge >= 0.3 is 5.97 Å². The zero-order valence-corrected chi connectivity index (χ0v) is 13.6. The number of aromatic nitrogens is 2. The molecule has 0 bridgehead atoms. The van der Waals surface area contributed by atoms with Crippen molar-refractivity contribution in [2.75, 3.05) is 0 Å². The molecule has 0 fully saturated rings. The van der Waals surface area contributed by atoms with Crippen LogP contribution in [0.4, 0.5) is 4.39 Å². The summed E-state index contributed by atoms with van der Waals surface area (Å²) >= 11 is 0. The smallest absolute Gasteiger partial charge is 0.337 e. The van der Waals surface area contributed by atoms with Gasteiger partial charge in [-0.25, -0.2) is 9.18 Å². The van der Waals surface area contributed by atoms with E-state index in [0.29, 0.717) is 16.7 Å². The topological polar surface area (TPSA) is 103 Å². The lowest BCUT2D eigenvalue weighted by atomic mass is 10.00. The molecule has 0 aliphatic rings. The first kappa shape index (κ1) is 17.3. The van der Waals surface area contributed by atoms with Gasteiger partial charge in [-0.15, -0.1) is 0 Å². The first-order valence-corrected chi connectivity index (χ1v) is 7.83. The molecule has 3 aromatic rings. The molecule has 7 heteroatoms. The number of aromatic carboxylic acids is 1. The van der Waals surface area contributed by atoms with Crippen LogP contribution in [0.3, 0.4) is 0 Å². The quantitative estimate of drug-likeness (QED) is 0.653. The average molecular weight is 354 g/mol. The fourth-order valence-electron chi connectivity index (χ4n) is 2.65.